The van der Waals surface area contributed by atoms with Gasteiger partial charge in [-0.2, -0.15) is 5.10 Å². The summed E-state index contributed by atoms with van der Waals surface area (Å²) < 4.78 is 7.69. The highest BCUT2D eigenvalue weighted by molar-refractivity contribution is 6.06. The number of carbonyl (C=O) groups is 1. The highest BCUT2D eigenvalue weighted by Gasteiger charge is 2.26. The number of aryl methyl sites for hydroxylation is 3. The molecule has 5 heterocycles. The zero-order valence-corrected chi connectivity index (χ0v) is 22.5. The number of nitrogens with one attached hydrogen (secondary N) is 3. The highest BCUT2D eigenvalue weighted by atomic mass is 16.5. The Labute approximate surface area is 230 Å². The zero-order valence-electron chi connectivity index (χ0n) is 22.5. The first-order chi connectivity index (χ1) is 19.4. The largest absolute Gasteiger partial charge is 0.472 e. The number of amides is 1. The number of para-hydroxylation sites is 1. The first-order valence-electron chi connectivity index (χ1n) is 13.1. The molecular weight excluding hydrogens is 508 g/mol. The molecule has 1 fully saturated rings. The van der Waals surface area contributed by atoms with Gasteiger partial charge in [0.15, 0.2) is 5.82 Å². The third kappa shape index (κ3) is 5.34. The van der Waals surface area contributed by atoms with E-state index in [2.05, 4.69) is 40.6 Å². The van der Waals surface area contributed by atoms with Crippen molar-refractivity contribution in [1.29, 1.82) is 0 Å². The molecule has 6 rings (SSSR count). The van der Waals surface area contributed by atoms with Crippen LogP contribution in [0.5, 0.6) is 5.88 Å². The van der Waals surface area contributed by atoms with Crippen LogP contribution in [0.25, 0.3) is 22.2 Å². The molecule has 1 aliphatic heterocycles. The highest BCUT2D eigenvalue weighted by Crippen LogP contribution is 2.33. The second-order valence-corrected chi connectivity index (χ2v) is 9.93. The van der Waals surface area contributed by atoms with E-state index in [1.807, 2.05) is 51.4 Å². The van der Waals surface area contributed by atoms with Gasteiger partial charge in [0, 0.05) is 67.6 Å². The Bertz CT molecular complexity index is 1640. The lowest BCUT2D eigenvalue weighted by molar-refractivity contribution is -0.117. The van der Waals surface area contributed by atoms with Crippen LogP contribution < -0.4 is 15.4 Å². The molecule has 12 heteroatoms. The SMILES string of the molecule is Cc1cnc(Nc2cc(C)n(C)n2)nc1-c1c[nH]c2c(NC(=O)CN3CC[C@H](Oc4cnccn4)C3)cccc12. The normalized spacial score (nSPS) is 15.4. The summed E-state index contributed by atoms with van der Waals surface area (Å²) >= 11 is 0. The van der Waals surface area contributed by atoms with Crippen molar-refractivity contribution in [2.24, 2.45) is 7.05 Å². The Balaban J connectivity index is 1.15. The van der Waals surface area contributed by atoms with E-state index < -0.39 is 0 Å². The van der Waals surface area contributed by atoms with Gasteiger partial charge in [0.05, 0.1) is 29.6 Å². The standard InChI is InChI=1S/C28H30N10O2/c1-17-12-32-28(34-23-11-18(2)37(3)36-23)35-26(17)21-13-31-27-20(21)5-4-6-22(27)33-24(39)16-38-10-7-19(15-38)40-25-14-29-8-9-30-25/h4-6,8-9,11-14,19,31H,7,10,15-16H2,1-3H3,(H,33,39)(H,32,34,35,36)/t19-/m0/s1. The van der Waals surface area contributed by atoms with Crippen LogP contribution in [0.2, 0.25) is 0 Å². The molecule has 0 spiro atoms. The van der Waals surface area contributed by atoms with Crippen molar-refractivity contribution in [3.05, 3.63) is 66.5 Å². The lowest BCUT2D eigenvalue weighted by Gasteiger charge is -2.16. The molecule has 3 N–H and O–H groups in total. The van der Waals surface area contributed by atoms with Crippen LogP contribution >= 0.6 is 0 Å². The molecule has 40 heavy (non-hydrogen) atoms. The van der Waals surface area contributed by atoms with Crippen molar-refractivity contribution < 1.29 is 9.53 Å². The molecule has 1 aliphatic rings. The molecule has 1 amide bonds. The van der Waals surface area contributed by atoms with E-state index in [9.17, 15) is 4.79 Å². The van der Waals surface area contributed by atoms with Gasteiger partial charge in [-0.05, 0) is 31.9 Å². The van der Waals surface area contributed by atoms with Gasteiger partial charge in [0.25, 0.3) is 0 Å². The van der Waals surface area contributed by atoms with E-state index in [1.54, 1.807) is 29.5 Å². The summed E-state index contributed by atoms with van der Waals surface area (Å²) in [5.41, 5.74) is 5.24. The van der Waals surface area contributed by atoms with Crippen molar-refractivity contribution in [1.82, 2.24) is 39.6 Å². The number of aromatic nitrogens is 7. The number of hydrogen-bond donors (Lipinski definition) is 3. The van der Waals surface area contributed by atoms with E-state index in [4.69, 9.17) is 9.72 Å². The third-order valence-electron chi connectivity index (χ3n) is 6.99. The monoisotopic (exact) mass is 538 g/mol. The summed E-state index contributed by atoms with van der Waals surface area (Å²) in [4.78, 5) is 35.8. The van der Waals surface area contributed by atoms with Crippen molar-refractivity contribution in [2.75, 3.05) is 30.3 Å². The Morgan fingerprint density at radius 2 is 2.10 bits per heavy atom. The smallest absolute Gasteiger partial charge is 0.238 e. The lowest BCUT2D eigenvalue weighted by Crippen LogP contribution is -2.33. The number of likely N-dealkylation sites (tertiary alicyclic amines) is 1. The molecule has 5 aromatic rings. The number of anilines is 3. The maximum atomic E-state index is 13.0. The van der Waals surface area contributed by atoms with Crippen LogP contribution in [0, 0.1) is 13.8 Å². The fraction of sp³-hybridized carbons (Fsp3) is 0.286. The summed E-state index contributed by atoms with van der Waals surface area (Å²) in [5.74, 6) is 1.56. The maximum Gasteiger partial charge on any atom is 0.238 e. The summed E-state index contributed by atoms with van der Waals surface area (Å²) in [7, 11) is 1.89. The number of nitrogens with zero attached hydrogens (tertiary/aromatic N) is 7. The van der Waals surface area contributed by atoms with Crippen LogP contribution in [0.4, 0.5) is 17.5 Å². The minimum Gasteiger partial charge on any atom is -0.472 e. The average molecular weight is 539 g/mol. The van der Waals surface area contributed by atoms with Gasteiger partial charge >= 0.3 is 0 Å². The Morgan fingerprint density at radius 3 is 2.90 bits per heavy atom. The minimum absolute atomic E-state index is 0.0175. The van der Waals surface area contributed by atoms with Crippen LogP contribution in [-0.2, 0) is 11.8 Å². The van der Waals surface area contributed by atoms with E-state index >= 15 is 0 Å². The van der Waals surface area contributed by atoms with Gasteiger partial charge in [-0.15, -0.1) is 0 Å². The van der Waals surface area contributed by atoms with E-state index in [-0.39, 0.29) is 18.6 Å². The molecule has 1 atom stereocenters. The maximum absolute atomic E-state index is 13.0. The average Bonchev–Trinajstić information content (AvgIpc) is 3.65. The number of benzene rings is 1. The zero-order chi connectivity index (χ0) is 27.6. The van der Waals surface area contributed by atoms with Crippen molar-refractivity contribution in [3.8, 4) is 17.1 Å². The molecule has 0 unspecified atom stereocenters. The Kier molecular flexibility index (Phi) is 6.83. The van der Waals surface area contributed by atoms with E-state index in [1.165, 1.54) is 0 Å². The molecule has 204 valence electrons. The number of H-pyrrole nitrogens is 1. The molecule has 12 nitrogen and oxygen atoms in total. The summed E-state index contributed by atoms with van der Waals surface area (Å²) in [6, 6.07) is 7.79. The summed E-state index contributed by atoms with van der Waals surface area (Å²) in [5, 5.41) is 11.7. The summed E-state index contributed by atoms with van der Waals surface area (Å²) in [6.45, 7) is 5.67. The van der Waals surface area contributed by atoms with Gasteiger partial charge in [-0.25, -0.2) is 15.0 Å². The number of rotatable bonds is 8. The van der Waals surface area contributed by atoms with Crippen molar-refractivity contribution >= 4 is 34.3 Å². The van der Waals surface area contributed by atoms with Crippen LogP contribution in [0.3, 0.4) is 0 Å². The van der Waals surface area contributed by atoms with Gasteiger partial charge < -0.3 is 20.4 Å². The molecule has 1 saturated heterocycles. The third-order valence-corrected chi connectivity index (χ3v) is 6.99. The quantitative estimate of drug-likeness (QED) is 0.270. The topological polar surface area (TPSA) is 139 Å². The number of ether oxygens (including phenoxy) is 1. The molecule has 4 aromatic heterocycles. The van der Waals surface area contributed by atoms with Gasteiger partial charge in [-0.3, -0.25) is 19.4 Å². The fourth-order valence-electron chi connectivity index (χ4n) is 4.91. The lowest BCUT2D eigenvalue weighted by atomic mass is 10.1. The van der Waals surface area contributed by atoms with E-state index in [0.717, 1.165) is 46.4 Å². The van der Waals surface area contributed by atoms with Crippen LogP contribution in [0.15, 0.2) is 55.2 Å². The van der Waals surface area contributed by atoms with Crippen LogP contribution in [-0.4, -0.2) is 71.2 Å². The molecule has 0 aliphatic carbocycles. The van der Waals surface area contributed by atoms with Crippen molar-refractivity contribution in [2.45, 2.75) is 26.4 Å². The number of fused-ring (bicyclic) bond motifs is 1. The second-order valence-electron chi connectivity index (χ2n) is 9.93. The van der Waals surface area contributed by atoms with Gasteiger partial charge in [0.1, 0.15) is 6.10 Å². The minimum atomic E-state index is -0.0841. The second kappa shape index (κ2) is 10.7. The van der Waals surface area contributed by atoms with Gasteiger partial charge in [0.2, 0.25) is 17.7 Å². The van der Waals surface area contributed by atoms with Gasteiger partial charge in [-0.1, -0.05) is 12.1 Å². The van der Waals surface area contributed by atoms with Crippen LogP contribution in [0.1, 0.15) is 17.7 Å². The molecular formula is C28H30N10O2. The first kappa shape index (κ1) is 25.4. The van der Waals surface area contributed by atoms with E-state index in [0.29, 0.717) is 29.9 Å². The molecule has 0 bridgehead atoms. The Morgan fingerprint density at radius 1 is 1.20 bits per heavy atom. The molecule has 0 radical (unpaired) electrons. The molecule has 1 aromatic carbocycles. The predicted octanol–water partition coefficient (Wildman–Crippen LogP) is 3.60. The number of hydrogen-bond acceptors (Lipinski definition) is 9. The van der Waals surface area contributed by atoms with Crippen molar-refractivity contribution in [3.63, 3.8) is 0 Å². The fourth-order valence-corrected chi connectivity index (χ4v) is 4.91. The summed E-state index contributed by atoms with van der Waals surface area (Å²) in [6.07, 6.45) is 9.33. The predicted molar refractivity (Wildman–Crippen MR) is 151 cm³/mol. The first-order valence-corrected chi connectivity index (χ1v) is 13.1. The number of carbonyl (C=O) groups excluding carboxylic acids is 1. The number of aromatic amines is 1. The Hall–Kier alpha value is -4.84. The molecule has 0 saturated carbocycles.